The van der Waals surface area contributed by atoms with Crippen molar-refractivity contribution in [3.63, 3.8) is 0 Å². The standard InChI is InChI=1S/C18H27F2N/c1-17(2,3)21-13-18(9-5-4-6-10-18)12-14-7-8-15(19)16(20)11-14/h7-8,11,21H,4-6,9-10,12-13H2,1-3H3. The Hall–Kier alpha value is -0.960. The van der Waals surface area contributed by atoms with E-state index in [2.05, 4.69) is 26.1 Å². The molecule has 1 aromatic carbocycles. The Bertz CT molecular complexity index is 471. The fraction of sp³-hybridized carbons (Fsp3) is 0.667. The second-order valence-electron chi connectivity index (χ2n) is 7.59. The summed E-state index contributed by atoms with van der Waals surface area (Å²) in [5, 5.41) is 3.61. The number of nitrogens with one attached hydrogen (secondary N) is 1. The maximum Gasteiger partial charge on any atom is 0.159 e. The lowest BCUT2D eigenvalue weighted by Gasteiger charge is -2.40. The van der Waals surface area contributed by atoms with Crippen LogP contribution in [0.1, 0.15) is 58.4 Å². The molecule has 1 aromatic rings. The summed E-state index contributed by atoms with van der Waals surface area (Å²) in [7, 11) is 0. The Morgan fingerprint density at radius 2 is 1.71 bits per heavy atom. The van der Waals surface area contributed by atoms with Gasteiger partial charge in [-0.25, -0.2) is 8.78 Å². The van der Waals surface area contributed by atoms with Gasteiger partial charge in [0.15, 0.2) is 11.6 Å². The van der Waals surface area contributed by atoms with E-state index in [0.29, 0.717) is 0 Å². The molecule has 1 nitrogen and oxygen atoms in total. The van der Waals surface area contributed by atoms with Crippen LogP contribution in [0.3, 0.4) is 0 Å². The summed E-state index contributed by atoms with van der Waals surface area (Å²) in [6.45, 7) is 7.44. The van der Waals surface area contributed by atoms with Crippen LogP contribution in [0.25, 0.3) is 0 Å². The van der Waals surface area contributed by atoms with Crippen molar-refractivity contribution in [3.8, 4) is 0 Å². The molecule has 3 heteroatoms. The number of benzene rings is 1. The molecule has 0 unspecified atom stereocenters. The van der Waals surface area contributed by atoms with Crippen molar-refractivity contribution in [2.24, 2.45) is 5.41 Å². The third-order valence-corrected chi connectivity index (χ3v) is 4.47. The third kappa shape index (κ3) is 4.77. The van der Waals surface area contributed by atoms with Gasteiger partial charge in [0.05, 0.1) is 0 Å². The van der Waals surface area contributed by atoms with Gasteiger partial charge in [-0.2, -0.15) is 0 Å². The first-order valence-corrected chi connectivity index (χ1v) is 7.99. The highest BCUT2D eigenvalue weighted by molar-refractivity contribution is 5.19. The van der Waals surface area contributed by atoms with E-state index in [1.165, 1.54) is 31.4 Å². The molecule has 118 valence electrons. The van der Waals surface area contributed by atoms with Gasteiger partial charge in [0.25, 0.3) is 0 Å². The van der Waals surface area contributed by atoms with Gasteiger partial charge in [-0.1, -0.05) is 25.3 Å². The molecular formula is C18H27F2N. The summed E-state index contributed by atoms with van der Waals surface area (Å²) in [6.07, 6.45) is 6.90. The first-order chi connectivity index (χ1) is 9.80. The van der Waals surface area contributed by atoms with Crippen LogP contribution in [-0.2, 0) is 6.42 Å². The molecule has 0 heterocycles. The Balaban J connectivity index is 2.13. The zero-order valence-electron chi connectivity index (χ0n) is 13.4. The highest BCUT2D eigenvalue weighted by Gasteiger charge is 2.33. The summed E-state index contributed by atoms with van der Waals surface area (Å²) in [5.41, 5.74) is 1.17. The zero-order valence-corrected chi connectivity index (χ0v) is 13.4. The van der Waals surface area contributed by atoms with Crippen LogP contribution in [0.15, 0.2) is 18.2 Å². The maximum absolute atomic E-state index is 13.4. The molecular weight excluding hydrogens is 268 g/mol. The van der Waals surface area contributed by atoms with Crippen molar-refractivity contribution >= 4 is 0 Å². The van der Waals surface area contributed by atoms with E-state index >= 15 is 0 Å². The normalized spacial score (nSPS) is 18.7. The summed E-state index contributed by atoms with van der Waals surface area (Å²) in [4.78, 5) is 0. The predicted molar refractivity (Wildman–Crippen MR) is 83.3 cm³/mol. The average molecular weight is 295 g/mol. The summed E-state index contributed by atoms with van der Waals surface area (Å²) < 4.78 is 26.5. The van der Waals surface area contributed by atoms with Crippen LogP contribution in [0.5, 0.6) is 0 Å². The van der Waals surface area contributed by atoms with Gasteiger partial charge in [0.1, 0.15) is 0 Å². The first kappa shape index (κ1) is 16.4. The van der Waals surface area contributed by atoms with Crippen molar-refractivity contribution in [1.82, 2.24) is 5.32 Å². The molecule has 0 radical (unpaired) electrons. The van der Waals surface area contributed by atoms with Gasteiger partial charge in [-0.3, -0.25) is 0 Å². The van der Waals surface area contributed by atoms with Crippen molar-refractivity contribution in [2.75, 3.05) is 6.54 Å². The minimum absolute atomic E-state index is 0.0818. The van der Waals surface area contributed by atoms with Crippen LogP contribution in [0.2, 0.25) is 0 Å². The molecule has 1 aliphatic carbocycles. The smallest absolute Gasteiger partial charge is 0.159 e. The molecule has 0 saturated heterocycles. The fourth-order valence-electron chi connectivity index (χ4n) is 3.25. The Kier molecular flexibility index (Phi) is 5.03. The molecule has 2 rings (SSSR count). The quantitative estimate of drug-likeness (QED) is 0.837. The number of hydrogen-bond acceptors (Lipinski definition) is 1. The third-order valence-electron chi connectivity index (χ3n) is 4.47. The van der Waals surface area contributed by atoms with Gasteiger partial charge in [0.2, 0.25) is 0 Å². The monoisotopic (exact) mass is 295 g/mol. The highest BCUT2D eigenvalue weighted by Crippen LogP contribution is 2.39. The van der Waals surface area contributed by atoms with E-state index in [-0.39, 0.29) is 11.0 Å². The van der Waals surface area contributed by atoms with Gasteiger partial charge < -0.3 is 5.32 Å². The van der Waals surface area contributed by atoms with Gasteiger partial charge in [-0.05, 0) is 63.1 Å². The van der Waals surface area contributed by atoms with Gasteiger partial charge in [0, 0.05) is 12.1 Å². The van der Waals surface area contributed by atoms with E-state index in [1.54, 1.807) is 6.07 Å². The molecule has 1 saturated carbocycles. The van der Waals surface area contributed by atoms with Crippen LogP contribution in [0.4, 0.5) is 8.78 Å². The molecule has 0 atom stereocenters. The van der Waals surface area contributed by atoms with Crippen molar-refractivity contribution in [2.45, 2.75) is 64.8 Å². The average Bonchev–Trinajstić information content (AvgIpc) is 2.41. The second kappa shape index (κ2) is 6.43. The van der Waals surface area contributed by atoms with Crippen molar-refractivity contribution < 1.29 is 8.78 Å². The largest absolute Gasteiger partial charge is 0.312 e. The Labute approximate surface area is 127 Å². The lowest BCUT2D eigenvalue weighted by molar-refractivity contribution is 0.165. The topological polar surface area (TPSA) is 12.0 Å². The van der Waals surface area contributed by atoms with Crippen LogP contribution < -0.4 is 5.32 Å². The number of hydrogen-bond donors (Lipinski definition) is 1. The molecule has 0 aliphatic heterocycles. The van der Waals surface area contributed by atoms with E-state index in [0.717, 1.165) is 31.4 Å². The number of halogens is 2. The maximum atomic E-state index is 13.4. The second-order valence-corrected chi connectivity index (χ2v) is 7.59. The molecule has 0 aromatic heterocycles. The minimum atomic E-state index is -0.760. The summed E-state index contributed by atoms with van der Waals surface area (Å²) in [5.74, 6) is -1.49. The lowest BCUT2D eigenvalue weighted by atomic mass is 9.70. The molecule has 0 amide bonds. The molecule has 0 spiro atoms. The molecule has 1 fully saturated rings. The van der Waals surface area contributed by atoms with Crippen LogP contribution >= 0.6 is 0 Å². The lowest BCUT2D eigenvalue weighted by Crippen LogP contribution is -2.45. The van der Waals surface area contributed by atoms with E-state index < -0.39 is 11.6 Å². The van der Waals surface area contributed by atoms with Crippen LogP contribution in [-0.4, -0.2) is 12.1 Å². The number of rotatable bonds is 4. The molecule has 1 aliphatic rings. The first-order valence-electron chi connectivity index (χ1n) is 7.99. The fourth-order valence-corrected chi connectivity index (χ4v) is 3.25. The van der Waals surface area contributed by atoms with Crippen molar-refractivity contribution in [3.05, 3.63) is 35.4 Å². The summed E-state index contributed by atoms with van der Waals surface area (Å²) >= 11 is 0. The van der Waals surface area contributed by atoms with E-state index in [1.807, 2.05) is 0 Å². The van der Waals surface area contributed by atoms with Crippen LogP contribution in [0, 0.1) is 17.0 Å². The van der Waals surface area contributed by atoms with E-state index in [9.17, 15) is 8.78 Å². The minimum Gasteiger partial charge on any atom is -0.312 e. The molecule has 0 bridgehead atoms. The SMILES string of the molecule is CC(C)(C)NCC1(Cc2ccc(F)c(F)c2)CCCCC1. The summed E-state index contributed by atoms with van der Waals surface area (Å²) in [6, 6.07) is 4.34. The van der Waals surface area contributed by atoms with Crippen molar-refractivity contribution in [1.29, 1.82) is 0 Å². The zero-order chi connectivity index (χ0) is 15.5. The van der Waals surface area contributed by atoms with Gasteiger partial charge in [-0.15, -0.1) is 0 Å². The molecule has 21 heavy (non-hydrogen) atoms. The molecule has 1 N–H and O–H groups in total. The Morgan fingerprint density at radius 3 is 2.29 bits per heavy atom. The van der Waals surface area contributed by atoms with Gasteiger partial charge >= 0.3 is 0 Å². The Morgan fingerprint density at radius 1 is 1.05 bits per heavy atom. The van der Waals surface area contributed by atoms with E-state index in [4.69, 9.17) is 0 Å². The predicted octanol–water partition coefficient (Wildman–Crippen LogP) is 4.85. The highest BCUT2D eigenvalue weighted by atomic mass is 19.2.